The van der Waals surface area contributed by atoms with Crippen molar-refractivity contribution in [1.82, 2.24) is 14.5 Å². The molecule has 1 saturated carbocycles. The van der Waals surface area contributed by atoms with E-state index in [0.717, 1.165) is 42.3 Å². The van der Waals surface area contributed by atoms with Crippen molar-refractivity contribution in [3.63, 3.8) is 0 Å². The van der Waals surface area contributed by atoms with Crippen LogP contribution in [-0.4, -0.2) is 25.5 Å². The Hall–Kier alpha value is -2.54. The molecule has 8 nitrogen and oxygen atoms in total. The highest BCUT2D eigenvalue weighted by Gasteiger charge is 2.23. The standard InChI is InChI=1S/C24H31N4O4P/c1-4-17(3)32-33(30,31)15-18-9-11-19(12-10-18)26-24-25-14-21-16(2)13-22(29)28(23(21)27-24)20-7-5-6-8-20/h9-14,17,20H,4-8,15H2,1-3H3,(H,30,31)(H,25,26,27). The van der Waals surface area contributed by atoms with E-state index in [4.69, 9.17) is 9.51 Å². The van der Waals surface area contributed by atoms with Crippen LogP contribution in [0.25, 0.3) is 11.0 Å². The molecule has 1 fully saturated rings. The van der Waals surface area contributed by atoms with E-state index in [9.17, 15) is 14.3 Å². The highest BCUT2D eigenvalue weighted by Crippen LogP contribution is 2.47. The SMILES string of the molecule is CCC(C)OP(=O)(O)Cc1ccc(Nc2ncc3c(C)cc(=O)n(C4CCCC4)c3n2)cc1. The fourth-order valence-corrected chi connectivity index (χ4v) is 5.75. The molecule has 0 bridgehead atoms. The summed E-state index contributed by atoms with van der Waals surface area (Å²) in [6.07, 6.45) is 6.34. The lowest BCUT2D eigenvalue weighted by Crippen LogP contribution is -2.24. The average Bonchev–Trinajstić information content (AvgIpc) is 3.28. The van der Waals surface area contributed by atoms with Gasteiger partial charge in [-0.1, -0.05) is 31.9 Å². The molecule has 0 aliphatic heterocycles. The van der Waals surface area contributed by atoms with E-state index >= 15 is 0 Å². The lowest BCUT2D eigenvalue weighted by Gasteiger charge is -2.18. The number of aromatic nitrogens is 3. The quantitative estimate of drug-likeness (QED) is 0.421. The minimum Gasteiger partial charge on any atom is -0.324 e. The maximum absolute atomic E-state index is 12.8. The summed E-state index contributed by atoms with van der Waals surface area (Å²) in [5, 5.41) is 4.06. The first-order valence-corrected chi connectivity index (χ1v) is 13.3. The molecule has 2 N–H and O–H groups in total. The fourth-order valence-electron chi connectivity index (χ4n) is 4.29. The third-order valence-electron chi connectivity index (χ3n) is 6.20. The molecule has 2 heterocycles. The normalized spacial score (nSPS) is 17.2. The van der Waals surface area contributed by atoms with Gasteiger partial charge < -0.3 is 14.7 Å². The maximum atomic E-state index is 12.8. The van der Waals surface area contributed by atoms with Crippen molar-refractivity contribution in [1.29, 1.82) is 0 Å². The second kappa shape index (κ2) is 9.75. The van der Waals surface area contributed by atoms with Gasteiger partial charge in [0.1, 0.15) is 5.65 Å². The molecule has 2 atom stereocenters. The van der Waals surface area contributed by atoms with E-state index in [2.05, 4.69) is 10.3 Å². The number of nitrogens with one attached hydrogen (secondary N) is 1. The van der Waals surface area contributed by atoms with Gasteiger partial charge in [0, 0.05) is 29.4 Å². The minimum absolute atomic E-state index is 0.0195. The van der Waals surface area contributed by atoms with Gasteiger partial charge >= 0.3 is 7.60 Å². The van der Waals surface area contributed by atoms with E-state index in [-0.39, 0.29) is 23.9 Å². The molecule has 0 amide bonds. The summed E-state index contributed by atoms with van der Waals surface area (Å²) in [5.74, 6) is 0.403. The molecule has 33 heavy (non-hydrogen) atoms. The average molecular weight is 471 g/mol. The Morgan fingerprint density at radius 1 is 1.27 bits per heavy atom. The zero-order chi connectivity index (χ0) is 23.6. The van der Waals surface area contributed by atoms with Crippen LogP contribution in [0.2, 0.25) is 0 Å². The number of pyridine rings is 1. The highest BCUT2D eigenvalue weighted by molar-refractivity contribution is 7.52. The summed E-state index contributed by atoms with van der Waals surface area (Å²) in [6.45, 7) is 5.60. The molecule has 4 rings (SSSR count). The van der Waals surface area contributed by atoms with Gasteiger partial charge in [0.05, 0.1) is 12.3 Å². The van der Waals surface area contributed by atoms with Crippen LogP contribution < -0.4 is 10.9 Å². The number of rotatable bonds is 8. The number of benzene rings is 1. The Kier molecular flexibility index (Phi) is 6.98. The fraction of sp³-hybridized carbons (Fsp3) is 0.458. The lowest BCUT2D eigenvalue weighted by atomic mass is 10.1. The van der Waals surface area contributed by atoms with Crippen LogP contribution >= 0.6 is 7.60 Å². The van der Waals surface area contributed by atoms with Crippen molar-refractivity contribution in [2.75, 3.05) is 5.32 Å². The molecule has 1 aliphatic carbocycles. The van der Waals surface area contributed by atoms with Gasteiger partial charge in [0.25, 0.3) is 5.56 Å². The number of hydrogen-bond acceptors (Lipinski definition) is 6. The summed E-state index contributed by atoms with van der Waals surface area (Å²) in [6, 6.07) is 9.03. The molecule has 176 valence electrons. The Balaban J connectivity index is 1.56. The van der Waals surface area contributed by atoms with E-state index in [0.29, 0.717) is 23.6 Å². The number of anilines is 2. The smallest absolute Gasteiger partial charge is 0.324 e. The summed E-state index contributed by atoms with van der Waals surface area (Å²) < 4.78 is 19.4. The molecule has 2 unspecified atom stereocenters. The summed E-state index contributed by atoms with van der Waals surface area (Å²) in [7, 11) is -3.70. The molecular formula is C24H31N4O4P. The molecule has 3 aromatic rings. The van der Waals surface area contributed by atoms with E-state index in [1.165, 1.54) is 0 Å². The van der Waals surface area contributed by atoms with Gasteiger partial charge in [-0.05, 0) is 56.4 Å². The van der Waals surface area contributed by atoms with Crippen LogP contribution in [0, 0.1) is 6.92 Å². The molecular weight excluding hydrogens is 439 g/mol. The van der Waals surface area contributed by atoms with Gasteiger partial charge in [-0.3, -0.25) is 13.9 Å². The van der Waals surface area contributed by atoms with Gasteiger partial charge in [0.2, 0.25) is 5.95 Å². The van der Waals surface area contributed by atoms with Crippen molar-refractivity contribution in [3.05, 3.63) is 58.0 Å². The minimum atomic E-state index is -3.70. The monoisotopic (exact) mass is 470 g/mol. The Bertz CT molecular complexity index is 1240. The maximum Gasteiger partial charge on any atom is 0.332 e. The summed E-state index contributed by atoms with van der Waals surface area (Å²) in [5.41, 5.74) is 2.96. The van der Waals surface area contributed by atoms with Gasteiger partial charge in [-0.2, -0.15) is 4.98 Å². The Morgan fingerprint density at radius 2 is 1.97 bits per heavy atom. The number of aryl methyl sites for hydroxylation is 1. The largest absolute Gasteiger partial charge is 0.332 e. The Labute approximate surface area is 193 Å². The van der Waals surface area contributed by atoms with Crippen LogP contribution in [0.3, 0.4) is 0 Å². The number of fused-ring (bicyclic) bond motifs is 1. The number of hydrogen-bond donors (Lipinski definition) is 2. The van der Waals surface area contributed by atoms with Crippen LogP contribution in [0.4, 0.5) is 11.6 Å². The third-order valence-corrected chi connectivity index (χ3v) is 7.66. The first-order valence-electron chi connectivity index (χ1n) is 11.5. The molecule has 2 aromatic heterocycles. The predicted molar refractivity (Wildman–Crippen MR) is 130 cm³/mol. The zero-order valence-electron chi connectivity index (χ0n) is 19.3. The van der Waals surface area contributed by atoms with Crippen molar-refractivity contribution in [3.8, 4) is 0 Å². The van der Waals surface area contributed by atoms with E-state index < -0.39 is 7.60 Å². The second-order valence-corrected chi connectivity index (χ2v) is 10.6. The van der Waals surface area contributed by atoms with Crippen LogP contribution in [0.15, 0.2) is 41.3 Å². The first-order chi connectivity index (χ1) is 15.8. The van der Waals surface area contributed by atoms with Crippen molar-refractivity contribution >= 4 is 30.3 Å². The molecule has 1 aromatic carbocycles. The number of nitrogens with zero attached hydrogens (tertiary/aromatic N) is 3. The molecule has 9 heteroatoms. The molecule has 0 spiro atoms. The van der Waals surface area contributed by atoms with Gasteiger partial charge in [0.15, 0.2) is 0 Å². The molecule has 0 radical (unpaired) electrons. The van der Waals surface area contributed by atoms with Crippen molar-refractivity contribution in [2.24, 2.45) is 0 Å². The van der Waals surface area contributed by atoms with Crippen LogP contribution in [-0.2, 0) is 15.3 Å². The van der Waals surface area contributed by atoms with E-state index in [1.807, 2.05) is 30.5 Å². The van der Waals surface area contributed by atoms with E-state index in [1.54, 1.807) is 31.3 Å². The predicted octanol–water partition coefficient (Wildman–Crippen LogP) is 5.46. The van der Waals surface area contributed by atoms with Gasteiger partial charge in [-0.15, -0.1) is 0 Å². The topological polar surface area (TPSA) is 106 Å². The lowest BCUT2D eigenvalue weighted by molar-refractivity contribution is 0.185. The van der Waals surface area contributed by atoms with Crippen molar-refractivity contribution < 1.29 is 14.0 Å². The van der Waals surface area contributed by atoms with Crippen LogP contribution in [0.5, 0.6) is 0 Å². The van der Waals surface area contributed by atoms with Crippen LogP contribution in [0.1, 0.15) is 63.1 Å². The zero-order valence-corrected chi connectivity index (χ0v) is 20.2. The summed E-state index contributed by atoms with van der Waals surface area (Å²) >= 11 is 0. The highest BCUT2D eigenvalue weighted by atomic mass is 31.2. The summed E-state index contributed by atoms with van der Waals surface area (Å²) in [4.78, 5) is 32.0. The molecule has 0 saturated heterocycles. The second-order valence-electron chi connectivity index (χ2n) is 8.85. The Morgan fingerprint density at radius 3 is 2.64 bits per heavy atom. The first kappa shape index (κ1) is 23.6. The van der Waals surface area contributed by atoms with Gasteiger partial charge in [-0.25, -0.2) is 4.98 Å². The molecule has 1 aliphatic rings. The van der Waals surface area contributed by atoms with Crippen molar-refractivity contribution in [2.45, 2.75) is 71.2 Å². The third kappa shape index (κ3) is 5.52.